The topological polar surface area (TPSA) is 29.5 Å². The summed E-state index contributed by atoms with van der Waals surface area (Å²) in [5.41, 5.74) is 2.71. The van der Waals surface area contributed by atoms with Crippen molar-refractivity contribution in [1.29, 1.82) is 0 Å². The number of fused-ring (bicyclic) bond motifs is 3. The first kappa shape index (κ1) is 18.4. The molecule has 0 heterocycles. The number of rotatable bonds is 6. The van der Waals surface area contributed by atoms with E-state index in [1.54, 1.807) is 0 Å². The second-order valence-electron chi connectivity index (χ2n) is 8.14. The molecular weight excluding hydrogens is 310 g/mol. The third-order valence-electron chi connectivity index (χ3n) is 6.54. The van der Waals surface area contributed by atoms with E-state index in [4.69, 9.17) is 4.74 Å². The van der Waals surface area contributed by atoms with Gasteiger partial charge in [0.05, 0.1) is 6.61 Å². The molecule has 0 bridgehead atoms. The Morgan fingerprint density at radius 1 is 1.32 bits per heavy atom. The van der Waals surface area contributed by atoms with E-state index in [2.05, 4.69) is 50.9 Å². The Hall–Kier alpha value is -1.35. The maximum Gasteiger partial charge on any atom is 0.133 e. The quantitative estimate of drug-likeness (QED) is 0.718. The third-order valence-corrected chi connectivity index (χ3v) is 6.54. The number of unbranched alkanes of at least 4 members (excludes halogenated alkanes) is 1. The first-order valence-corrected chi connectivity index (χ1v) is 9.97. The van der Waals surface area contributed by atoms with Gasteiger partial charge in [-0.15, -0.1) is 0 Å². The monoisotopic (exact) mass is 343 g/mol. The average molecular weight is 344 g/mol. The van der Waals surface area contributed by atoms with Gasteiger partial charge < -0.3 is 9.64 Å². The molecule has 1 saturated carbocycles. The van der Waals surface area contributed by atoms with Crippen LogP contribution in [-0.2, 0) is 16.6 Å². The first-order chi connectivity index (χ1) is 12.0. The third kappa shape index (κ3) is 3.48. The van der Waals surface area contributed by atoms with Crippen LogP contribution in [0, 0.1) is 5.92 Å². The molecule has 0 N–H and O–H groups in total. The Bertz CT molecular complexity index is 626. The summed E-state index contributed by atoms with van der Waals surface area (Å²) >= 11 is 0. The molecule has 3 atom stereocenters. The van der Waals surface area contributed by atoms with Crippen LogP contribution in [0.4, 0.5) is 0 Å². The summed E-state index contributed by atoms with van der Waals surface area (Å²) in [6.07, 6.45) is 5.75. The van der Waals surface area contributed by atoms with Gasteiger partial charge in [0.15, 0.2) is 0 Å². The summed E-state index contributed by atoms with van der Waals surface area (Å²) in [5, 5.41) is 0. The van der Waals surface area contributed by atoms with Gasteiger partial charge in [-0.25, -0.2) is 0 Å². The van der Waals surface area contributed by atoms with Gasteiger partial charge in [0.2, 0.25) is 0 Å². The fraction of sp³-hybridized carbons (Fsp3) is 0.682. The zero-order chi connectivity index (χ0) is 18.0. The molecule has 0 unspecified atom stereocenters. The lowest BCUT2D eigenvalue weighted by molar-refractivity contribution is -0.124. The Balaban J connectivity index is 1.97. The number of ether oxygens (including phenoxy) is 1. The van der Waals surface area contributed by atoms with Crippen LogP contribution in [0.1, 0.15) is 64.0 Å². The van der Waals surface area contributed by atoms with Crippen LogP contribution in [-0.4, -0.2) is 36.9 Å². The van der Waals surface area contributed by atoms with Crippen LogP contribution in [0.25, 0.3) is 0 Å². The number of ketones is 1. The summed E-state index contributed by atoms with van der Waals surface area (Å²) in [6.45, 7) is 8.55. The van der Waals surface area contributed by atoms with Gasteiger partial charge in [0, 0.05) is 24.3 Å². The van der Waals surface area contributed by atoms with Crippen molar-refractivity contribution in [3.63, 3.8) is 0 Å². The molecular formula is C22H33NO2. The highest BCUT2D eigenvalue weighted by atomic mass is 16.5. The predicted octanol–water partition coefficient (Wildman–Crippen LogP) is 4.37. The molecule has 0 saturated heterocycles. The molecule has 2 aliphatic rings. The molecule has 0 amide bonds. The van der Waals surface area contributed by atoms with Crippen molar-refractivity contribution in [2.45, 2.75) is 70.8 Å². The maximum atomic E-state index is 12.3. The highest BCUT2D eigenvalue weighted by Gasteiger charge is 2.49. The number of hydrogen-bond donors (Lipinski definition) is 0. The SMILES string of the molecule is CCCCOc1ccc2c(c1)[C@@]1(C)CC(=O)CC[C@H]1[C@H](N(C)CC)C2. The maximum absolute atomic E-state index is 12.3. The van der Waals surface area contributed by atoms with Crippen LogP contribution < -0.4 is 4.74 Å². The second-order valence-corrected chi connectivity index (χ2v) is 8.14. The van der Waals surface area contributed by atoms with Gasteiger partial charge in [0.1, 0.15) is 11.5 Å². The number of carbonyl (C=O) groups excluding carboxylic acids is 1. The summed E-state index contributed by atoms with van der Waals surface area (Å²) in [4.78, 5) is 14.8. The van der Waals surface area contributed by atoms with Gasteiger partial charge >= 0.3 is 0 Å². The lowest BCUT2D eigenvalue weighted by Gasteiger charge is -2.52. The molecule has 3 nitrogen and oxygen atoms in total. The molecule has 3 rings (SSSR count). The van der Waals surface area contributed by atoms with E-state index in [-0.39, 0.29) is 5.41 Å². The normalized spacial score (nSPS) is 28.6. The van der Waals surface area contributed by atoms with Crippen molar-refractivity contribution in [2.24, 2.45) is 5.92 Å². The van der Waals surface area contributed by atoms with Crippen molar-refractivity contribution in [3.05, 3.63) is 29.3 Å². The molecule has 138 valence electrons. The number of likely N-dealkylation sites (N-methyl/N-ethyl adjacent to an activating group) is 1. The van der Waals surface area contributed by atoms with Gasteiger partial charge in [-0.3, -0.25) is 4.79 Å². The number of carbonyl (C=O) groups is 1. The molecule has 0 aromatic heterocycles. The van der Waals surface area contributed by atoms with Gasteiger partial charge in [0.25, 0.3) is 0 Å². The van der Waals surface area contributed by atoms with Gasteiger partial charge in [-0.1, -0.05) is 33.3 Å². The minimum Gasteiger partial charge on any atom is -0.494 e. The summed E-state index contributed by atoms with van der Waals surface area (Å²) < 4.78 is 5.96. The van der Waals surface area contributed by atoms with Crippen LogP contribution in [0.15, 0.2) is 18.2 Å². The number of hydrogen-bond acceptors (Lipinski definition) is 3. The van der Waals surface area contributed by atoms with E-state index in [9.17, 15) is 4.79 Å². The van der Waals surface area contributed by atoms with Crippen molar-refractivity contribution >= 4 is 5.78 Å². The van der Waals surface area contributed by atoms with Crippen molar-refractivity contribution in [1.82, 2.24) is 4.90 Å². The number of benzene rings is 1. The van der Waals surface area contributed by atoms with Gasteiger partial charge in [-0.2, -0.15) is 0 Å². The highest BCUT2D eigenvalue weighted by Crippen LogP contribution is 2.50. The molecule has 0 radical (unpaired) electrons. The molecule has 1 aromatic carbocycles. The van der Waals surface area contributed by atoms with Crippen LogP contribution >= 0.6 is 0 Å². The van der Waals surface area contributed by atoms with E-state index in [0.29, 0.717) is 24.2 Å². The predicted molar refractivity (Wildman–Crippen MR) is 102 cm³/mol. The molecule has 0 aliphatic heterocycles. The summed E-state index contributed by atoms with van der Waals surface area (Å²) in [6, 6.07) is 7.13. The molecule has 3 heteroatoms. The van der Waals surface area contributed by atoms with Crippen molar-refractivity contribution in [2.75, 3.05) is 20.2 Å². The fourth-order valence-electron chi connectivity index (χ4n) is 4.93. The van der Waals surface area contributed by atoms with Crippen LogP contribution in [0.3, 0.4) is 0 Å². The average Bonchev–Trinajstić information content (AvgIpc) is 2.60. The largest absolute Gasteiger partial charge is 0.494 e. The van der Waals surface area contributed by atoms with E-state index < -0.39 is 0 Å². The van der Waals surface area contributed by atoms with Crippen molar-refractivity contribution in [3.8, 4) is 5.75 Å². The van der Waals surface area contributed by atoms with Crippen molar-refractivity contribution < 1.29 is 9.53 Å². The standard InChI is InChI=1S/C22H33NO2/c1-5-7-12-25-18-10-8-16-13-21(23(4)6-2)19-11-9-17(24)15-22(19,3)20(16)14-18/h8,10,14,19,21H,5-7,9,11-13,15H2,1-4H3/t19-,21+,22-/m0/s1. The zero-order valence-corrected chi connectivity index (χ0v) is 16.3. The van der Waals surface area contributed by atoms with E-state index in [0.717, 1.165) is 51.0 Å². The number of nitrogens with zero attached hydrogens (tertiary/aromatic N) is 1. The van der Waals surface area contributed by atoms with E-state index in [1.807, 2.05) is 0 Å². The molecule has 1 aromatic rings. The molecule has 0 spiro atoms. The Kier molecular flexibility index (Phi) is 5.52. The smallest absolute Gasteiger partial charge is 0.133 e. The summed E-state index contributed by atoms with van der Waals surface area (Å²) in [5.74, 6) is 1.93. The van der Waals surface area contributed by atoms with E-state index >= 15 is 0 Å². The van der Waals surface area contributed by atoms with E-state index in [1.165, 1.54) is 11.1 Å². The lowest BCUT2D eigenvalue weighted by atomic mass is 9.56. The summed E-state index contributed by atoms with van der Waals surface area (Å²) in [7, 11) is 2.23. The number of Topliss-reactive ketones (excluding diaryl/α,β-unsaturated/α-hetero) is 1. The molecule has 25 heavy (non-hydrogen) atoms. The minimum atomic E-state index is -0.0544. The minimum absolute atomic E-state index is 0.0544. The highest BCUT2D eigenvalue weighted by molar-refractivity contribution is 5.81. The van der Waals surface area contributed by atoms with Crippen LogP contribution in [0.5, 0.6) is 5.75 Å². The second kappa shape index (κ2) is 7.49. The van der Waals surface area contributed by atoms with Gasteiger partial charge in [-0.05, 0) is 62.0 Å². The Labute approximate surface area is 152 Å². The lowest BCUT2D eigenvalue weighted by Crippen LogP contribution is -2.54. The molecule has 2 aliphatic carbocycles. The van der Waals surface area contributed by atoms with Crippen LogP contribution in [0.2, 0.25) is 0 Å². The Morgan fingerprint density at radius 3 is 2.84 bits per heavy atom. The Morgan fingerprint density at radius 2 is 2.12 bits per heavy atom. The first-order valence-electron chi connectivity index (χ1n) is 9.97. The fourth-order valence-corrected chi connectivity index (χ4v) is 4.93. The zero-order valence-electron chi connectivity index (χ0n) is 16.3. The molecule has 1 fully saturated rings.